The summed E-state index contributed by atoms with van der Waals surface area (Å²) < 4.78 is 10.1. The van der Waals surface area contributed by atoms with Gasteiger partial charge in [0.15, 0.2) is 5.41 Å². The van der Waals surface area contributed by atoms with Crippen molar-refractivity contribution in [2.24, 2.45) is 5.41 Å². The Hall–Kier alpha value is -2.79. The van der Waals surface area contributed by atoms with Gasteiger partial charge in [0, 0.05) is 17.9 Å². The van der Waals surface area contributed by atoms with Crippen LogP contribution in [0.15, 0.2) is 35.9 Å². The molecule has 0 saturated carbocycles. The van der Waals surface area contributed by atoms with Crippen LogP contribution in [0.1, 0.15) is 31.2 Å². The van der Waals surface area contributed by atoms with E-state index in [1.165, 1.54) is 0 Å². The second-order valence-corrected chi connectivity index (χ2v) is 5.38. The van der Waals surface area contributed by atoms with Crippen LogP contribution in [0.4, 0.5) is 0 Å². The van der Waals surface area contributed by atoms with Gasteiger partial charge in [-0.3, -0.25) is 0 Å². The Kier molecular flexibility index (Phi) is 5.03. The number of hydrogen-bond acceptors (Lipinski definition) is 5. The first-order valence-electron chi connectivity index (χ1n) is 7.42. The SMILES string of the molecule is CCOC(=O)C1=CCC(c2ccc(OC)cc2)C(C#N)(C#N)C1. The summed E-state index contributed by atoms with van der Waals surface area (Å²) in [6.45, 7) is 1.99. The summed E-state index contributed by atoms with van der Waals surface area (Å²) >= 11 is 0. The summed E-state index contributed by atoms with van der Waals surface area (Å²) in [6.07, 6.45) is 2.30. The number of methoxy groups -OCH3 is 1. The van der Waals surface area contributed by atoms with E-state index in [4.69, 9.17) is 9.47 Å². The number of nitrogens with zero attached hydrogens (tertiary/aromatic N) is 2. The van der Waals surface area contributed by atoms with Gasteiger partial charge in [0.2, 0.25) is 0 Å². The van der Waals surface area contributed by atoms with E-state index in [2.05, 4.69) is 12.1 Å². The van der Waals surface area contributed by atoms with Gasteiger partial charge < -0.3 is 9.47 Å². The molecule has 1 unspecified atom stereocenters. The first kappa shape index (κ1) is 16.6. The number of ether oxygens (including phenoxy) is 2. The molecule has 23 heavy (non-hydrogen) atoms. The zero-order valence-corrected chi connectivity index (χ0v) is 13.2. The fourth-order valence-corrected chi connectivity index (χ4v) is 2.85. The minimum absolute atomic E-state index is 0.0789. The highest BCUT2D eigenvalue weighted by molar-refractivity contribution is 5.89. The van der Waals surface area contributed by atoms with E-state index >= 15 is 0 Å². The molecule has 0 heterocycles. The second-order valence-electron chi connectivity index (χ2n) is 5.38. The van der Waals surface area contributed by atoms with E-state index in [9.17, 15) is 15.3 Å². The Morgan fingerprint density at radius 2 is 1.96 bits per heavy atom. The molecule has 0 bridgehead atoms. The molecule has 1 aromatic rings. The first-order valence-corrected chi connectivity index (χ1v) is 7.42. The molecule has 0 N–H and O–H groups in total. The molecule has 0 aliphatic heterocycles. The maximum Gasteiger partial charge on any atom is 0.333 e. The summed E-state index contributed by atoms with van der Waals surface area (Å²) in [5.41, 5.74) is 0.0126. The largest absolute Gasteiger partial charge is 0.497 e. The number of carbonyl (C=O) groups excluding carboxylic acids is 1. The zero-order chi connectivity index (χ0) is 16.9. The Bertz CT molecular complexity index is 678. The van der Waals surface area contributed by atoms with Crippen molar-refractivity contribution < 1.29 is 14.3 Å². The maximum absolute atomic E-state index is 11.9. The molecule has 0 radical (unpaired) electrons. The van der Waals surface area contributed by atoms with Gasteiger partial charge in [0.1, 0.15) is 5.75 Å². The van der Waals surface area contributed by atoms with Crippen LogP contribution in [0.3, 0.4) is 0 Å². The first-order chi connectivity index (χ1) is 11.1. The van der Waals surface area contributed by atoms with Crippen LogP contribution in [-0.2, 0) is 9.53 Å². The molecule has 0 aromatic heterocycles. The molecule has 1 aromatic carbocycles. The van der Waals surface area contributed by atoms with Crippen molar-refractivity contribution in [3.8, 4) is 17.9 Å². The van der Waals surface area contributed by atoms with Gasteiger partial charge in [0.25, 0.3) is 0 Å². The number of carbonyl (C=O) groups is 1. The van der Waals surface area contributed by atoms with Crippen LogP contribution in [0.2, 0.25) is 0 Å². The van der Waals surface area contributed by atoms with E-state index in [1.54, 1.807) is 32.2 Å². The number of allylic oxidation sites excluding steroid dienone is 1. The van der Waals surface area contributed by atoms with Crippen LogP contribution in [-0.4, -0.2) is 19.7 Å². The third-order valence-corrected chi connectivity index (χ3v) is 4.12. The minimum atomic E-state index is -1.27. The third kappa shape index (κ3) is 3.19. The summed E-state index contributed by atoms with van der Waals surface area (Å²) in [7, 11) is 1.58. The van der Waals surface area contributed by atoms with Crippen molar-refractivity contribution in [3.63, 3.8) is 0 Å². The van der Waals surface area contributed by atoms with Gasteiger partial charge in [-0.2, -0.15) is 10.5 Å². The number of benzene rings is 1. The lowest BCUT2D eigenvalue weighted by Crippen LogP contribution is -2.31. The standard InChI is InChI=1S/C18H18N2O3/c1-3-23-17(21)14-6-9-16(18(10-14,11-19)12-20)13-4-7-15(22-2)8-5-13/h4-8,16H,3,9-10H2,1-2H3. The number of esters is 1. The monoisotopic (exact) mass is 310 g/mol. The predicted molar refractivity (Wildman–Crippen MR) is 83.3 cm³/mol. The molecule has 0 amide bonds. The smallest absolute Gasteiger partial charge is 0.333 e. The van der Waals surface area contributed by atoms with Gasteiger partial charge >= 0.3 is 5.97 Å². The summed E-state index contributed by atoms with van der Waals surface area (Å²) in [5, 5.41) is 19.3. The van der Waals surface area contributed by atoms with Crippen LogP contribution in [0.5, 0.6) is 5.75 Å². The molecule has 1 aliphatic rings. The van der Waals surface area contributed by atoms with Crippen molar-refractivity contribution in [1.82, 2.24) is 0 Å². The van der Waals surface area contributed by atoms with Crippen molar-refractivity contribution in [2.45, 2.75) is 25.7 Å². The van der Waals surface area contributed by atoms with E-state index in [0.29, 0.717) is 17.7 Å². The molecule has 5 nitrogen and oxygen atoms in total. The van der Waals surface area contributed by atoms with Crippen molar-refractivity contribution in [1.29, 1.82) is 10.5 Å². The van der Waals surface area contributed by atoms with Gasteiger partial charge in [-0.15, -0.1) is 0 Å². The van der Waals surface area contributed by atoms with Gasteiger partial charge in [-0.05, 0) is 31.0 Å². The molecular formula is C18H18N2O3. The highest BCUT2D eigenvalue weighted by Gasteiger charge is 2.44. The summed E-state index contributed by atoms with van der Waals surface area (Å²) in [4.78, 5) is 11.9. The summed E-state index contributed by atoms with van der Waals surface area (Å²) in [5.74, 6) is -0.0241. The van der Waals surface area contributed by atoms with Crippen LogP contribution < -0.4 is 4.74 Å². The minimum Gasteiger partial charge on any atom is -0.497 e. The van der Waals surface area contributed by atoms with Crippen LogP contribution in [0.25, 0.3) is 0 Å². The Morgan fingerprint density at radius 1 is 1.30 bits per heavy atom. The Morgan fingerprint density at radius 3 is 2.48 bits per heavy atom. The zero-order valence-electron chi connectivity index (χ0n) is 13.2. The molecule has 0 fully saturated rings. The Labute approximate surface area is 135 Å². The van der Waals surface area contributed by atoms with Crippen molar-refractivity contribution in [3.05, 3.63) is 41.5 Å². The van der Waals surface area contributed by atoms with Crippen LogP contribution in [0, 0.1) is 28.1 Å². The normalized spacial score (nSPS) is 19.0. The fraction of sp³-hybridized carbons (Fsp3) is 0.389. The van der Waals surface area contributed by atoms with E-state index in [0.717, 1.165) is 5.56 Å². The van der Waals surface area contributed by atoms with Gasteiger partial charge in [0.05, 0.1) is 25.9 Å². The number of nitriles is 2. The predicted octanol–water partition coefficient (Wildman–Crippen LogP) is 3.10. The molecule has 1 aliphatic carbocycles. The lowest BCUT2D eigenvalue weighted by molar-refractivity contribution is -0.139. The van der Waals surface area contributed by atoms with E-state index in [1.807, 2.05) is 12.1 Å². The number of hydrogen-bond donors (Lipinski definition) is 0. The lowest BCUT2D eigenvalue weighted by Gasteiger charge is -2.33. The quantitative estimate of drug-likeness (QED) is 0.798. The molecular weight excluding hydrogens is 292 g/mol. The lowest BCUT2D eigenvalue weighted by atomic mass is 9.65. The Balaban J connectivity index is 2.37. The van der Waals surface area contributed by atoms with Crippen LogP contribution >= 0.6 is 0 Å². The maximum atomic E-state index is 11.9. The molecule has 0 saturated heterocycles. The number of rotatable bonds is 4. The second kappa shape index (κ2) is 6.98. The van der Waals surface area contributed by atoms with E-state index in [-0.39, 0.29) is 18.9 Å². The van der Waals surface area contributed by atoms with Gasteiger partial charge in [-0.1, -0.05) is 18.2 Å². The fourth-order valence-electron chi connectivity index (χ4n) is 2.85. The highest BCUT2D eigenvalue weighted by atomic mass is 16.5. The highest BCUT2D eigenvalue weighted by Crippen LogP contribution is 2.46. The average molecular weight is 310 g/mol. The molecule has 0 spiro atoms. The van der Waals surface area contributed by atoms with E-state index < -0.39 is 11.4 Å². The van der Waals surface area contributed by atoms with Crippen molar-refractivity contribution in [2.75, 3.05) is 13.7 Å². The molecule has 2 rings (SSSR count). The topological polar surface area (TPSA) is 83.1 Å². The molecule has 5 heteroatoms. The van der Waals surface area contributed by atoms with Crippen molar-refractivity contribution >= 4 is 5.97 Å². The third-order valence-electron chi connectivity index (χ3n) is 4.12. The summed E-state index contributed by atoms with van der Waals surface area (Å²) in [6, 6.07) is 11.6. The average Bonchev–Trinajstić information content (AvgIpc) is 2.61. The molecule has 118 valence electrons. The van der Waals surface area contributed by atoms with Gasteiger partial charge in [-0.25, -0.2) is 4.79 Å². The molecule has 1 atom stereocenters.